The summed E-state index contributed by atoms with van der Waals surface area (Å²) in [6, 6.07) is 7.24. The number of hydrogen-bond donors (Lipinski definition) is 2. The monoisotopic (exact) mass is 431 g/mol. The second kappa shape index (κ2) is 8.55. The van der Waals surface area contributed by atoms with Crippen LogP contribution >= 0.6 is 11.3 Å². The highest BCUT2D eigenvalue weighted by Crippen LogP contribution is 2.32. The van der Waals surface area contributed by atoms with E-state index in [0.717, 1.165) is 19.6 Å². The highest BCUT2D eigenvalue weighted by Gasteiger charge is 2.33. The summed E-state index contributed by atoms with van der Waals surface area (Å²) < 4.78 is 15.2. The molecule has 0 spiro atoms. The molecule has 1 fully saturated rings. The van der Waals surface area contributed by atoms with Crippen LogP contribution in [-0.4, -0.2) is 62.7 Å². The van der Waals surface area contributed by atoms with Gasteiger partial charge in [-0.3, -0.25) is 19.4 Å². The summed E-state index contributed by atoms with van der Waals surface area (Å²) in [7, 11) is 0. The largest absolute Gasteiger partial charge is 0.480 e. The number of aliphatic carboxylic acids is 2. The Kier molecular flexibility index (Phi) is 5.85. The van der Waals surface area contributed by atoms with E-state index in [1.54, 1.807) is 11.3 Å². The number of carboxylic acid groups (broad SMARTS) is 2. The molecule has 2 aromatic heterocycles. The number of carbonyl (C=O) groups is 2. The summed E-state index contributed by atoms with van der Waals surface area (Å²) in [5.41, 5.74) is 0.875. The number of fused-ring (bicyclic) bond motifs is 1. The predicted octanol–water partition coefficient (Wildman–Crippen LogP) is 2.87. The molecule has 0 aliphatic carbocycles. The smallest absolute Gasteiger partial charge is 0.325 e. The quantitative estimate of drug-likeness (QED) is 0.598. The van der Waals surface area contributed by atoms with Crippen molar-refractivity contribution in [2.75, 3.05) is 26.2 Å². The average Bonchev–Trinajstić information content (AvgIpc) is 3.31. The van der Waals surface area contributed by atoms with Crippen LogP contribution in [0.2, 0.25) is 0 Å². The van der Waals surface area contributed by atoms with Crippen molar-refractivity contribution in [2.24, 2.45) is 0 Å². The van der Waals surface area contributed by atoms with Gasteiger partial charge in [-0.15, -0.1) is 11.3 Å². The molecule has 0 saturated carbocycles. The molecule has 1 aliphatic heterocycles. The molecule has 7 nitrogen and oxygen atoms in total. The minimum atomic E-state index is -1.07. The molecule has 2 N–H and O–H groups in total. The molecule has 1 saturated heterocycles. The Morgan fingerprint density at radius 1 is 1.13 bits per heavy atom. The summed E-state index contributed by atoms with van der Waals surface area (Å²) in [6.45, 7) is 3.12. The first-order valence-electron chi connectivity index (χ1n) is 9.64. The van der Waals surface area contributed by atoms with E-state index in [4.69, 9.17) is 0 Å². The van der Waals surface area contributed by atoms with E-state index in [1.807, 2.05) is 16.3 Å². The zero-order chi connectivity index (χ0) is 21.3. The third kappa shape index (κ3) is 4.23. The average molecular weight is 431 g/mol. The van der Waals surface area contributed by atoms with Gasteiger partial charge in [-0.1, -0.05) is 6.07 Å². The van der Waals surface area contributed by atoms with Gasteiger partial charge in [-0.05, 0) is 29.6 Å². The SMILES string of the molecule is O=C(O)Cn1cc([C@@H](C(=O)O)N2CCN(Cc3cccs3)CC2)c2ccc(F)cc21. The number of halogens is 1. The van der Waals surface area contributed by atoms with Crippen LogP contribution < -0.4 is 0 Å². The van der Waals surface area contributed by atoms with E-state index in [2.05, 4.69) is 11.0 Å². The fourth-order valence-electron chi connectivity index (χ4n) is 4.08. The van der Waals surface area contributed by atoms with Gasteiger partial charge < -0.3 is 14.8 Å². The van der Waals surface area contributed by atoms with Crippen LogP contribution in [0, 0.1) is 5.82 Å². The van der Waals surface area contributed by atoms with Gasteiger partial charge in [0.05, 0.1) is 5.52 Å². The number of rotatable bonds is 7. The Bertz CT molecular complexity index is 1060. The molecule has 0 unspecified atom stereocenters. The predicted molar refractivity (Wildman–Crippen MR) is 111 cm³/mol. The zero-order valence-electron chi connectivity index (χ0n) is 16.2. The molecule has 1 aromatic carbocycles. The number of thiophene rings is 1. The maximum Gasteiger partial charge on any atom is 0.325 e. The van der Waals surface area contributed by atoms with Crippen LogP contribution in [0.25, 0.3) is 10.9 Å². The van der Waals surface area contributed by atoms with Gasteiger partial charge in [0.25, 0.3) is 0 Å². The Hall–Kier alpha value is -2.75. The number of piperazine rings is 1. The van der Waals surface area contributed by atoms with E-state index >= 15 is 0 Å². The van der Waals surface area contributed by atoms with E-state index in [1.165, 1.54) is 33.8 Å². The molecule has 4 rings (SSSR count). The highest BCUT2D eigenvalue weighted by molar-refractivity contribution is 7.09. The molecule has 3 heterocycles. The Labute approximate surface area is 176 Å². The highest BCUT2D eigenvalue weighted by atomic mass is 32.1. The summed E-state index contributed by atoms with van der Waals surface area (Å²) in [5.74, 6) is -2.56. The van der Waals surface area contributed by atoms with Crippen molar-refractivity contribution in [3.05, 3.63) is 58.2 Å². The van der Waals surface area contributed by atoms with Crippen molar-refractivity contribution in [1.29, 1.82) is 0 Å². The maximum atomic E-state index is 13.8. The Balaban J connectivity index is 1.60. The van der Waals surface area contributed by atoms with Gasteiger partial charge in [0.1, 0.15) is 18.4 Å². The van der Waals surface area contributed by atoms with Crippen molar-refractivity contribution in [3.8, 4) is 0 Å². The van der Waals surface area contributed by atoms with Crippen molar-refractivity contribution in [3.63, 3.8) is 0 Å². The van der Waals surface area contributed by atoms with E-state index in [0.29, 0.717) is 29.6 Å². The lowest BCUT2D eigenvalue weighted by molar-refractivity contribution is -0.144. The molecule has 0 radical (unpaired) electrons. The number of carboxylic acids is 2. The van der Waals surface area contributed by atoms with Crippen molar-refractivity contribution < 1.29 is 24.2 Å². The second-order valence-electron chi connectivity index (χ2n) is 7.40. The molecular formula is C21H22FN3O4S. The molecule has 9 heteroatoms. The molecule has 30 heavy (non-hydrogen) atoms. The number of nitrogens with zero attached hydrogens (tertiary/aromatic N) is 3. The topological polar surface area (TPSA) is 86.0 Å². The van der Waals surface area contributed by atoms with Gasteiger partial charge >= 0.3 is 11.9 Å². The molecule has 0 bridgehead atoms. The summed E-state index contributed by atoms with van der Waals surface area (Å²) >= 11 is 1.70. The fraction of sp³-hybridized carbons (Fsp3) is 0.333. The summed E-state index contributed by atoms with van der Waals surface area (Å²) in [5, 5.41) is 21.8. The lowest BCUT2D eigenvalue weighted by Gasteiger charge is -2.37. The molecular weight excluding hydrogens is 409 g/mol. The number of aromatic nitrogens is 1. The van der Waals surface area contributed by atoms with Crippen molar-refractivity contribution in [1.82, 2.24) is 14.4 Å². The van der Waals surface area contributed by atoms with E-state index < -0.39 is 23.8 Å². The first-order valence-corrected chi connectivity index (χ1v) is 10.5. The number of hydrogen-bond acceptors (Lipinski definition) is 5. The van der Waals surface area contributed by atoms with Crippen LogP contribution in [0.3, 0.4) is 0 Å². The summed E-state index contributed by atoms with van der Waals surface area (Å²) in [6.07, 6.45) is 1.54. The first kappa shape index (κ1) is 20.5. The van der Waals surface area contributed by atoms with E-state index in [9.17, 15) is 24.2 Å². The minimum absolute atomic E-state index is 0.360. The first-order chi connectivity index (χ1) is 14.4. The van der Waals surface area contributed by atoms with Crippen molar-refractivity contribution in [2.45, 2.75) is 19.1 Å². The van der Waals surface area contributed by atoms with Crippen LogP contribution in [0.1, 0.15) is 16.5 Å². The normalized spacial score (nSPS) is 16.7. The molecule has 158 valence electrons. The second-order valence-corrected chi connectivity index (χ2v) is 8.43. The third-order valence-corrected chi connectivity index (χ3v) is 6.30. The zero-order valence-corrected chi connectivity index (χ0v) is 17.0. The summed E-state index contributed by atoms with van der Waals surface area (Å²) in [4.78, 5) is 28.9. The van der Waals surface area contributed by atoms with Gasteiger partial charge in [0.15, 0.2) is 0 Å². The van der Waals surface area contributed by atoms with Crippen LogP contribution in [-0.2, 0) is 22.7 Å². The molecule has 1 aliphatic rings. The lowest BCUT2D eigenvalue weighted by atomic mass is 10.0. The van der Waals surface area contributed by atoms with E-state index in [-0.39, 0.29) is 6.54 Å². The van der Waals surface area contributed by atoms with Gasteiger partial charge in [0.2, 0.25) is 0 Å². The maximum absolute atomic E-state index is 13.8. The van der Waals surface area contributed by atoms with Crippen LogP contribution in [0.4, 0.5) is 4.39 Å². The van der Waals surface area contributed by atoms with Gasteiger partial charge in [0, 0.05) is 54.7 Å². The standard InChI is InChI=1S/C21H22FN3O4S/c22-14-3-4-16-17(12-25(13-19(26)27)18(16)10-14)20(21(28)29)24-7-5-23(6-8-24)11-15-2-1-9-30-15/h1-4,9-10,12,20H,5-8,11,13H2,(H,26,27)(H,28,29)/t20-/m0/s1. The van der Waals surface area contributed by atoms with Crippen LogP contribution in [0.5, 0.6) is 0 Å². The molecule has 1 atom stereocenters. The number of benzene rings is 1. The van der Waals surface area contributed by atoms with Gasteiger partial charge in [-0.25, -0.2) is 4.39 Å². The van der Waals surface area contributed by atoms with Crippen molar-refractivity contribution >= 4 is 34.2 Å². The lowest BCUT2D eigenvalue weighted by Crippen LogP contribution is -2.48. The Morgan fingerprint density at radius 2 is 1.90 bits per heavy atom. The third-order valence-electron chi connectivity index (χ3n) is 5.44. The molecule has 0 amide bonds. The van der Waals surface area contributed by atoms with Gasteiger partial charge in [-0.2, -0.15) is 0 Å². The fourth-order valence-corrected chi connectivity index (χ4v) is 4.82. The van der Waals surface area contributed by atoms with Crippen LogP contribution in [0.15, 0.2) is 41.9 Å². The Morgan fingerprint density at radius 3 is 2.53 bits per heavy atom. The molecule has 3 aromatic rings. The minimum Gasteiger partial charge on any atom is -0.480 e.